The van der Waals surface area contributed by atoms with E-state index in [1.165, 1.54) is 0 Å². The maximum atomic E-state index is 9.26. The highest BCUT2D eigenvalue weighted by Crippen LogP contribution is 2.23. The molecule has 94 valence electrons. The molecule has 0 saturated heterocycles. The highest BCUT2D eigenvalue weighted by molar-refractivity contribution is 5.66. The standard InChI is InChI=1S/C14H17N3O/c1-15-17(16-2)13-7-3-11(4-8-13)12-5-9-14(18)10-6-12/h3-10,15-16,18H,1-2H3. The molecular weight excluding hydrogens is 226 g/mol. The molecule has 0 aliphatic carbocycles. The van der Waals surface area contributed by atoms with Gasteiger partial charge in [-0.05, 0) is 35.4 Å². The summed E-state index contributed by atoms with van der Waals surface area (Å²) in [6.45, 7) is 0. The zero-order valence-electron chi connectivity index (χ0n) is 10.5. The molecule has 0 heterocycles. The second-order valence-corrected chi connectivity index (χ2v) is 3.88. The average Bonchev–Trinajstić information content (AvgIpc) is 2.42. The highest BCUT2D eigenvalue weighted by atomic mass is 16.3. The van der Waals surface area contributed by atoms with Crippen molar-refractivity contribution in [3.8, 4) is 16.9 Å². The summed E-state index contributed by atoms with van der Waals surface area (Å²) in [6.07, 6.45) is 0. The van der Waals surface area contributed by atoms with E-state index >= 15 is 0 Å². The minimum absolute atomic E-state index is 0.284. The van der Waals surface area contributed by atoms with Crippen LogP contribution >= 0.6 is 0 Å². The van der Waals surface area contributed by atoms with Crippen molar-refractivity contribution in [3.05, 3.63) is 48.5 Å². The number of aromatic hydroxyl groups is 1. The summed E-state index contributed by atoms with van der Waals surface area (Å²) in [7, 11) is 3.70. The summed E-state index contributed by atoms with van der Waals surface area (Å²) in [5, 5.41) is 11.1. The van der Waals surface area contributed by atoms with E-state index in [1.54, 1.807) is 12.1 Å². The van der Waals surface area contributed by atoms with Crippen molar-refractivity contribution < 1.29 is 5.11 Å². The van der Waals surface area contributed by atoms with Crippen LogP contribution < -0.4 is 16.0 Å². The lowest BCUT2D eigenvalue weighted by Crippen LogP contribution is -2.44. The van der Waals surface area contributed by atoms with Crippen LogP contribution in [0.15, 0.2) is 48.5 Å². The largest absolute Gasteiger partial charge is 0.508 e. The van der Waals surface area contributed by atoms with Gasteiger partial charge in [0.2, 0.25) is 0 Å². The summed E-state index contributed by atoms with van der Waals surface area (Å²) in [4.78, 5) is 0. The molecule has 2 aromatic carbocycles. The number of hydrogen-bond donors (Lipinski definition) is 3. The smallest absolute Gasteiger partial charge is 0.115 e. The molecule has 0 atom stereocenters. The normalized spacial score (nSPS) is 10.3. The maximum absolute atomic E-state index is 9.26. The number of phenolic OH excluding ortho intramolecular Hbond substituents is 1. The van der Waals surface area contributed by atoms with E-state index in [-0.39, 0.29) is 5.75 Å². The Morgan fingerprint density at radius 2 is 1.22 bits per heavy atom. The van der Waals surface area contributed by atoms with Crippen molar-refractivity contribution in [1.29, 1.82) is 0 Å². The number of phenols is 1. The maximum Gasteiger partial charge on any atom is 0.115 e. The minimum Gasteiger partial charge on any atom is -0.508 e. The van der Waals surface area contributed by atoms with Gasteiger partial charge < -0.3 is 5.11 Å². The minimum atomic E-state index is 0.284. The van der Waals surface area contributed by atoms with E-state index < -0.39 is 0 Å². The molecule has 0 aromatic heterocycles. The number of nitrogens with one attached hydrogen (secondary N) is 2. The van der Waals surface area contributed by atoms with Crippen LogP contribution in [0.1, 0.15) is 0 Å². The van der Waals surface area contributed by atoms with Gasteiger partial charge in [0.25, 0.3) is 0 Å². The molecule has 3 N–H and O–H groups in total. The Hall–Kier alpha value is -2.04. The zero-order valence-corrected chi connectivity index (χ0v) is 10.5. The topological polar surface area (TPSA) is 47.5 Å². The van der Waals surface area contributed by atoms with Crippen LogP contribution in [-0.2, 0) is 0 Å². The second kappa shape index (κ2) is 5.53. The summed E-state index contributed by atoms with van der Waals surface area (Å²) in [6, 6.07) is 15.3. The lowest BCUT2D eigenvalue weighted by Gasteiger charge is -2.21. The van der Waals surface area contributed by atoms with Crippen molar-refractivity contribution in [2.24, 2.45) is 0 Å². The van der Waals surface area contributed by atoms with Crippen LogP contribution in [-0.4, -0.2) is 19.2 Å². The molecule has 0 fully saturated rings. The van der Waals surface area contributed by atoms with Gasteiger partial charge in [0.1, 0.15) is 5.75 Å². The van der Waals surface area contributed by atoms with Gasteiger partial charge >= 0.3 is 0 Å². The third kappa shape index (κ3) is 2.61. The van der Waals surface area contributed by atoms with Gasteiger partial charge in [-0.25, -0.2) is 16.0 Å². The van der Waals surface area contributed by atoms with Gasteiger partial charge in [-0.2, -0.15) is 0 Å². The number of anilines is 1. The van der Waals surface area contributed by atoms with Crippen LogP contribution in [0, 0.1) is 0 Å². The van der Waals surface area contributed by atoms with E-state index in [0.29, 0.717) is 0 Å². The quantitative estimate of drug-likeness (QED) is 0.720. The van der Waals surface area contributed by atoms with Crippen molar-refractivity contribution in [2.45, 2.75) is 0 Å². The highest BCUT2D eigenvalue weighted by Gasteiger charge is 2.02. The van der Waals surface area contributed by atoms with Gasteiger partial charge in [-0.1, -0.05) is 24.3 Å². The molecule has 18 heavy (non-hydrogen) atoms. The Morgan fingerprint density at radius 1 is 0.778 bits per heavy atom. The molecule has 4 nitrogen and oxygen atoms in total. The van der Waals surface area contributed by atoms with Crippen LogP contribution in [0.2, 0.25) is 0 Å². The monoisotopic (exact) mass is 243 g/mol. The molecule has 4 heteroatoms. The Bertz CT molecular complexity index is 489. The van der Waals surface area contributed by atoms with E-state index in [0.717, 1.165) is 16.8 Å². The fourth-order valence-electron chi connectivity index (χ4n) is 1.83. The molecule has 0 spiro atoms. The van der Waals surface area contributed by atoms with Crippen LogP contribution in [0.25, 0.3) is 11.1 Å². The molecular formula is C14H17N3O. The average molecular weight is 243 g/mol. The number of rotatable bonds is 4. The first-order valence-electron chi connectivity index (χ1n) is 5.79. The molecule has 0 radical (unpaired) electrons. The van der Waals surface area contributed by atoms with Crippen LogP contribution in [0.3, 0.4) is 0 Å². The van der Waals surface area contributed by atoms with E-state index in [2.05, 4.69) is 10.9 Å². The Labute approximate surface area is 107 Å². The fourth-order valence-corrected chi connectivity index (χ4v) is 1.83. The van der Waals surface area contributed by atoms with Crippen molar-refractivity contribution >= 4 is 5.69 Å². The third-order valence-corrected chi connectivity index (χ3v) is 2.77. The SMILES string of the molecule is CNN(NC)c1ccc(-c2ccc(O)cc2)cc1. The summed E-state index contributed by atoms with van der Waals surface area (Å²) in [5.41, 5.74) is 9.28. The predicted octanol–water partition coefficient (Wildman–Crippen LogP) is 2.13. The number of hydrazine groups is 2. The van der Waals surface area contributed by atoms with E-state index in [9.17, 15) is 5.11 Å². The van der Waals surface area contributed by atoms with Gasteiger partial charge in [0.15, 0.2) is 0 Å². The van der Waals surface area contributed by atoms with Gasteiger partial charge in [0.05, 0.1) is 5.69 Å². The molecule has 0 saturated carbocycles. The summed E-state index contributed by atoms with van der Waals surface area (Å²) in [5.74, 6) is 0.284. The van der Waals surface area contributed by atoms with E-state index in [1.807, 2.05) is 55.6 Å². The Kier molecular flexibility index (Phi) is 3.82. The zero-order chi connectivity index (χ0) is 13.0. The van der Waals surface area contributed by atoms with Crippen LogP contribution in [0.5, 0.6) is 5.75 Å². The second-order valence-electron chi connectivity index (χ2n) is 3.88. The lowest BCUT2D eigenvalue weighted by atomic mass is 10.1. The molecule has 0 aliphatic heterocycles. The summed E-state index contributed by atoms with van der Waals surface area (Å²) < 4.78 is 0. The lowest BCUT2D eigenvalue weighted by molar-refractivity contribution is 0.475. The molecule has 2 aromatic rings. The van der Waals surface area contributed by atoms with Crippen molar-refractivity contribution in [2.75, 3.05) is 19.2 Å². The fraction of sp³-hybridized carbons (Fsp3) is 0.143. The first-order valence-corrected chi connectivity index (χ1v) is 5.79. The molecule has 0 unspecified atom stereocenters. The first-order chi connectivity index (χ1) is 8.74. The van der Waals surface area contributed by atoms with Gasteiger partial charge in [0, 0.05) is 14.1 Å². The summed E-state index contributed by atoms with van der Waals surface area (Å²) >= 11 is 0. The van der Waals surface area contributed by atoms with Crippen molar-refractivity contribution in [3.63, 3.8) is 0 Å². The number of benzene rings is 2. The Balaban J connectivity index is 2.24. The first kappa shape index (κ1) is 12.4. The number of nitrogens with zero attached hydrogens (tertiary/aromatic N) is 1. The predicted molar refractivity (Wildman–Crippen MR) is 74.1 cm³/mol. The number of hydrogen-bond acceptors (Lipinski definition) is 4. The van der Waals surface area contributed by atoms with Crippen molar-refractivity contribution in [1.82, 2.24) is 10.9 Å². The molecule has 2 rings (SSSR count). The van der Waals surface area contributed by atoms with Crippen LogP contribution in [0.4, 0.5) is 5.69 Å². The van der Waals surface area contributed by atoms with E-state index in [4.69, 9.17) is 0 Å². The Morgan fingerprint density at radius 3 is 1.67 bits per heavy atom. The molecule has 0 bridgehead atoms. The molecule has 0 amide bonds. The third-order valence-electron chi connectivity index (χ3n) is 2.77. The molecule has 0 aliphatic rings. The van der Waals surface area contributed by atoms with Gasteiger partial charge in [-0.3, -0.25) is 0 Å². The van der Waals surface area contributed by atoms with Gasteiger partial charge in [-0.15, -0.1) is 0 Å².